The molecular weight excluding hydrogens is 317 g/mol. The van der Waals surface area contributed by atoms with Crippen LogP contribution in [0.5, 0.6) is 0 Å². The highest BCUT2D eigenvalue weighted by Gasteiger charge is 2.01. The topological polar surface area (TPSA) is 38.3 Å². The molecule has 0 aliphatic heterocycles. The van der Waals surface area contributed by atoms with Crippen LogP contribution < -0.4 is 5.32 Å². The normalized spacial score (nSPS) is 10.7. The van der Waals surface area contributed by atoms with E-state index in [4.69, 9.17) is 16.3 Å². The van der Waals surface area contributed by atoms with Gasteiger partial charge in [0.05, 0.1) is 5.88 Å². The van der Waals surface area contributed by atoms with Crippen molar-refractivity contribution in [2.24, 2.45) is 0 Å². The van der Waals surface area contributed by atoms with Crippen molar-refractivity contribution in [2.45, 2.75) is 12.5 Å². The molecule has 1 amide bonds. The lowest BCUT2D eigenvalue weighted by Crippen LogP contribution is -2.24. The Bertz CT molecular complexity index is 674. The van der Waals surface area contributed by atoms with E-state index in [-0.39, 0.29) is 18.3 Å². The number of alkyl halides is 1. The number of carbonyl (C=O) groups is 1. The predicted molar refractivity (Wildman–Crippen MR) is 89.6 cm³/mol. The zero-order valence-electron chi connectivity index (χ0n) is 12.5. The number of halogens is 2. The molecule has 2 rings (SSSR count). The fraction of sp³-hybridized carbons (Fsp3) is 0.167. The molecule has 0 atom stereocenters. The summed E-state index contributed by atoms with van der Waals surface area (Å²) >= 11 is 5.60. The maximum atomic E-state index is 13.5. The molecule has 0 saturated carbocycles. The number of nitrogens with one attached hydrogen (secondary N) is 1. The van der Waals surface area contributed by atoms with Gasteiger partial charge in [-0.25, -0.2) is 9.18 Å². The number of rotatable bonds is 6. The summed E-state index contributed by atoms with van der Waals surface area (Å²) in [5.41, 5.74) is 2.09. The molecule has 0 bridgehead atoms. The molecule has 2 aromatic rings. The highest BCUT2D eigenvalue weighted by molar-refractivity contribution is 6.17. The van der Waals surface area contributed by atoms with Gasteiger partial charge in [0.25, 0.3) is 0 Å². The Balaban J connectivity index is 1.73. The monoisotopic (exact) mass is 333 g/mol. The maximum Gasteiger partial charge on any atom is 0.407 e. The highest BCUT2D eigenvalue weighted by Crippen LogP contribution is 2.13. The molecular formula is C18H17ClFNO2. The van der Waals surface area contributed by atoms with Crippen LogP contribution in [0.25, 0.3) is 6.08 Å². The number of amides is 1. The third kappa shape index (κ3) is 5.75. The van der Waals surface area contributed by atoms with Gasteiger partial charge in [-0.15, -0.1) is 11.6 Å². The molecule has 23 heavy (non-hydrogen) atoms. The molecule has 0 radical (unpaired) electrons. The van der Waals surface area contributed by atoms with Crippen LogP contribution in [0.4, 0.5) is 9.18 Å². The Morgan fingerprint density at radius 3 is 2.70 bits per heavy atom. The van der Waals surface area contributed by atoms with Crippen molar-refractivity contribution in [3.8, 4) is 0 Å². The number of carbonyl (C=O) groups excluding carboxylic acids is 1. The van der Waals surface area contributed by atoms with Gasteiger partial charge in [-0.3, -0.25) is 0 Å². The van der Waals surface area contributed by atoms with Gasteiger partial charge in [0.2, 0.25) is 0 Å². The molecule has 0 aliphatic carbocycles. The summed E-state index contributed by atoms with van der Waals surface area (Å²) in [6.07, 6.45) is 2.94. The minimum absolute atomic E-state index is 0.143. The molecule has 1 N–H and O–H groups in total. The quantitative estimate of drug-likeness (QED) is 0.790. The van der Waals surface area contributed by atoms with E-state index < -0.39 is 6.09 Å². The highest BCUT2D eigenvalue weighted by atomic mass is 35.5. The number of alkyl carbamates (subject to hydrolysis) is 1. The molecule has 3 nitrogen and oxygen atoms in total. The standard InChI is InChI=1S/C18H17ClFNO2/c19-12-16-9-8-14(11-17(16)20)7-4-10-21-18(22)23-13-15-5-2-1-3-6-15/h1-9,11H,10,12-13H2,(H,21,22). The summed E-state index contributed by atoms with van der Waals surface area (Å²) in [4.78, 5) is 11.5. The third-order valence-electron chi connectivity index (χ3n) is 3.11. The van der Waals surface area contributed by atoms with E-state index in [2.05, 4.69) is 5.32 Å². The van der Waals surface area contributed by atoms with Gasteiger partial charge in [0.1, 0.15) is 12.4 Å². The fourth-order valence-electron chi connectivity index (χ4n) is 1.89. The number of hydrogen-bond acceptors (Lipinski definition) is 2. The van der Waals surface area contributed by atoms with Crippen molar-refractivity contribution in [1.29, 1.82) is 0 Å². The second kappa shape index (κ2) is 8.96. The van der Waals surface area contributed by atoms with E-state index in [1.165, 1.54) is 6.07 Å². The molecule has 0 aliphatic rings. The lowest BCUT2D eigenvalue weighted by atomic mass is 10.1. The number of ether oxygens (including phenoxy) is 1. The summed E-state index contributed by atoms with van der Waals surface area (Å²) < 4.78 is 18.6. The Morgan fingerprint density at radius 1 is 1.22 bits per heavy atom. The van der Waals surface area contributed by atoms with Crippen molar-refractivity contribution in [3.05, 3.63) is 77.1 Å². The van der Waals surface area contributed by atoms with E-state index >= 15 is 0 Å². The van der Waals surface area contributed by atoms with Crippen LogP contribution in [0.2, 0.25) is 0 Å². The van der Waals surface area contributed by atoms with Gasteiger partial charge in [-0.1, -0.05) is 54.6 Å². The lowest BCUT2D eigenvalue weighted by molar-refractivity contribution is 0.141. The molecule has 0 unspecified atom stereocenters. The van der Waals surface area contributed by atoms with Gasteiger partial charge >= 0.3 is 6.09 Å². The van der Waals surface area contributed by atoms with E-state index in [9.17, 15) is 9.18 Å². The molecule has 0 aromatic heterocycles. The van der Waals surface area contributed by atoms with Crippen molar-refractivity contribution in [3.63, 3.8) is 0 Å². The van der Waals surface area contributed by atoms with E-state index in [1.807, 2.05) is 30.3 Å². The first-order chi connectivity index (χ1) is 11.2. The summed E-state index contributed by atoms with van der Waals surface area (Å²) in [5, 5.41) is 2.60. The van der Waals surface area contributed by atoms with E-state index in [0.29, 0.717) is 17.7 Å². The smallest absolute Gasteiger partial charge is 0.407 e. The van der Waals surface area contributed by atoms with Crippen molar-refractivity contribution in [2.75, 3.05) is 6.54 Å². The van der Waals surface area contributed by atoms with Gasteiger partial charge in [-0.05, 0) is 17.2 Å². The lowest BCUT2D eigenvalue weighted by Gasteiger charge is -2.05. The number of hydrogen-bond donors (Lipinski definition) is 1. The summed E-state index contributed by atoms with van der Waals surface area (Å²) in [5.74, 6) is -0.192. The fourth-order valence-corrected chi connectivity index (χ4v) is 2.10. The van der Waals surface area contributed by atoms with Crippen LogP contribution in [-0.2, 0) is 17.2 Å². The molecule has 0 fully saturated rings. The van der Waals surface area contributed by atoms with Crippen molar-refractivity contribution >= 4 is 23.8 Å². The largest absolute Gasteiger partial charge is 0.445 e. The zero-order chi connectivity index (χ0) is 16.5. The Labute approximate surface area is 139 Å². The summed E-state index contributed by atoms with van der Waals surface area (Å²) in [6, 6.07) is 14.2. The zero-order valence-corrected chi connectivity index (χ0v) is 13.2. The first-order valence-electron chi connectivity index (χ1n) is 7.14. The van der Waals surface area contributed by atoms with Gasteiger partial charge in [0, 0.05) is 12.1 Å². The average molecular weight is 334 g/mol. The van der Waals surface area contributed by atoms with E-state index in [0.717, 1.165) is 5.56 Å². The average Bonchev–Trinajstić information content (AvgIpc) is 2.58. The van der Waals surface area contributed by atoms with Crippen LogP contribution in [0, 0.1) is 5.82 Å². The van der Waals surface area contributed by atoms with Gasteiger partial charge < -0.3 is 10.1 Å². The second-order valence-electron chi connectivity index (χ2n) is 4.83. The second-order valence-corrected chi connectivity index (χ2v) is 5.10. The van der Waals surface area contributed by atoms with Gasteiger partial charge in [0.15, 0.2) is 0 Å². The molecule has 0 heterocycles. The molecule has 0 spiro atoms. The molecule has 0 saturated heterocycles. The SMILES string of the molecule is O=C(NCC=Cc1ccc(CCl)c(F)c1)OCc1ccccc1. The molecule has 5 heteroatoms. The molecule has 2 aromatic carbocycles. The van der Waals surface area contributed by atoms with E-state index in [1.54, 1.807) is 24.3 Å². The summed E-state index contributed by atoms with van der Waals surface area (Å²) in [7, 11) is 0. The first-order valence-corrected chi connectivity index (χ1v) is 7.68. The first kappa shape index (κ1) is 17.0. The minimum atomic E-state index is -0.498. The van der Waals surface area contributed by atoms with Crippen molar-refractivity contribution in [1.82, 2.24) is 5.32 Å². The van der Waals surface area contributed by atoms with Crippen LogP contribution in [0.15, 0.2) is 54.6 Å². The number of benzene rings is 2. The maximum absolute atomic E-state index is 13.5. The van der Waals surface area contributed by atoms with Crippen LogP contribution in [0.1, 0.15) is 16.7 Å². The Kier molecular flexibility index (Phi) is 6.63. The molecule has 120 valence electrons. The Hall–Kier alpha value is -2.33. The van der Waals surface area contributed by atoms with Crippen LogP contribution in [-0.4, -0.2) is 12.6 Å². The minimum Gasteiger partial charge on any atom is -0.445 e. The van der Waals surface area contributed by atoms with Gasteiger partial charge in [-0.2, -0.15) is 0 Å². The van der Waals surface area contributed by atoms with Crippen LogP contribution >= 0.6 is 11.6 Å². The Morgan fingerprint density at radius 2 is 2.00 bits per heavy atom. The van der Waals surface area contributed by atoms with Crippen LogP contribution in [0.3, 0.4) is 0 Å². The van der Waals surface area contributed by atoms with Crippen molar-refractivity contribution < 1.29 is 13.9 Å². The third-order valence-corrected chi connectivity index (χ3v) is 3.40. The predicted octanol–water partition coefficient (Wildman–Crippen LogP) is 4.50. The summed E-state index contributed by atoms with van der Waals surface area (Å²) in [6.45, 7) is 0.522.